The molecule has 5 nitrogen and oxygen atoms in total. The van der Waals surface area contributed by atoms with Crippen molar-refractivity contribution >= 4 is 88.3 Å². The first kappa shape index (κ1) is 33.1. The summed E-state index contributed by atoms with van der Waals surface area (Å²) in [4.78, 5) is 10.9. The first-order valence-corrected chi connectivity index (χ1v) is 20.3. The number of rotatable bonds is 5. The molecule has 0 atom stereocenters. The third-order valence-corrected chi connectivity index (χ3v) is 12.3. The van der Waals surface area contributed by atoms with Crippen molar-refractivity contribution in [1.29, 1.82) is 0 Å². The number of hydrogen-bond acceptors (Lipinski definition) is 4. The van der Waals surface area contributed by atoms with E-state index >= 15 is 0 Å². The summed E-state index contributed by atoms with van der Waals surface area (Å²) in [5.41, 5.74) is 13.5. The number of fused-ring (bicyclic) bond motifs is 10. The lowest BCUT2D eigenvalue weighted by molar-refractivity contribution is 0.668. The molecule has 0 unspecified atom stereocenters. The fraction of sp³-hybridized carbons (Fsp3) is 0. The van der Waals surface area contributed by atoms with Gasteiger partial charge in [0.15, 0.2) is 5.82 Å². The van der Waals surface area contributed by atoms with Crippen LogP contribution in [-0.2, 0) is 0 Å². The molecule has 58 heavy (non-hydrogen) atoms. The van der Waals surface area contributed by atoms with Gasteiger partial charge in [-0.15, -0.1) is 0 Å². The number of para-hydroxylation sites is 3. The third kappa shape index (κ3) is 5.01. The molecule has 12 aromatic rings. The number of halogens is 1. The van der Waals surface area contributed by atoms with E-state index in [0.717, 1.165) is 109 Å². The summed E-state index contributed by atoms with van der Waals surface area (Å²) < 4.78 is 16.4. The molecular formula is C52H30IN3O2. The number of nitrogens with zero attached hydrogens (tertiary/aromatic N) is 3. The molecule has 0 aliphatic rings. The van der Waals surface area contributed by atoms with Crippen molar-refractivity contribution < 1.29 is 8.83 Å². The van der Waals surface area contributed by atoms with Gasteiger partial charge in [0, 0.05) is 43.6 Å². The molecule has 4 aromatic heterocycles. The second kappa shape index (κ2) is 13.0. The molecule has 0 amide bonds. The van der Waals surface area contributed by atoms with Crippen LogP contribution in [0.3, 0.4) is 0 Å². The van der Waals surface area contributed by atoms with E-state index in [0.29, 0.717) is 5.82 Å². The monoisotopic (exact) mass is 855 g/mol. The summed E-state index contributed by atoms with van der Waals surface area (Å²) in [6.45, 7) is 0. The van der Waals surface area contributed by atoms with Crippen LogP contribution in [0.2, 0.25) is 0 Å². The quantitative estimate of drug-likeness (QED) is 0.162. The van der Waals surface area contributed by atoms with Crippen LogP contribution in [0, 0.1) is 3.57 Å². The van der Waals surface area contributed by atoms with Gasteiger partial charge >= 0.3 is 0 Å². The van der Waals surface area contributed by atoms with Crippen molar-refractivity contribution in [3.05, 3.63) is 186 Å². The molecular weight excluding hydrogens is 825 g/mol. The zero-order valence-corrected chi connectivity index (χ0v) is 33.0. The highest BCUT2D eigenvalue weighted by Gasteiger charge is 2.24. The predicted molar refractivity (Wildman–Crippen MR) is 245 cm³/mol. The number of hydrogen-bond donors (Lipinski definition) is 0. The normalized spacial score (nSPS) is 11.9. The van der Waals surface area contributed by atoms with Crippen LogP contribution in [0.4, 0.5) is 0 Å². The molecule has 0 radical (unpaired) electrons. The Kier molecular flexibility index (Phi) is 7.43. The molecule has 4 heterocycles. The molecule has 0 bridgehead atoms. The van der Waals surface area contributed by atoms with Gasteiger partial charge in [-0.05, 0) is 88.3 Å². The molecule has 0 aliphatic heterocycles. The van der Waals surface area contributed by atoms with E-state index < -0.39 is 0 Å². The highest BCUT2D eigenvalue weighted by atomic mass is 127. The van der Waals surface area contributed by atoms with Crippen LogP contribution in [-0.4, -0.2) is 14.5 Å². The first-order valence-electron chi connectivity index (χ1n) is 19.3. The predicted octanol–water partition coefficient (Wildman–Crippen LogP) is 14.6. The molecule has 0 saturated heterocycles. The van der Waals surface area contributed by atoms with Gasteiger partial charge in [-0.25, -0.2) is 9.97 Å². The smallest absolute Gasteiger partial charge is 0.162 e. The maximum Gasteiger partial charge on any atom is 0.162 e. The SMILES string of the molecule is Ic1c(-c2ccccc2)nc(-c2ccccc2-n2c3ccccc3c3ccc4oc5ccccc5c4c32)nc1-c1ccc2c(c1)oc1cccc(-c3ccccc3)c12. The van der Waals surface area contributed by atoms with E-state index in [9.17, 15) is 0 Å². The minimum absolute atomic E-state index is 0.635. The lowest BCUT2D eigenvalue weighted by Gasteiger charge is -2.16. The van der Waals surface area contributed by atoms with Gasteiger partial charge in [0.05, 0.1) is 37.1 Å². The Morgan fingerprint density at radius 1 is 0.414 bits per heavy atom. The van der Waals surface area contributed by atoms with Crippen LogP contribution in [0.5, 0.6) is 0 Å². The zero-order chi connectivity index (χ0) is 38.3. The number of benzene rings is 8. The summed E-state index contributed by atoms with van der Waals surface area (Å²) in [5.74, 6) is 0.635. The fourth-order valence-electron chi connectivity index (χ4n) is 8.75. The van der Waals surface area contributed by atoms with E-state index in [1.165, 1.54) is 5.39 Å². The summed E-state index contributed by atoms with van der Waals surface area (Å²) in [6, 6.07) is 63.3. The average Bonchev–Trinajstić information content (AvgIpc) is 3.96. The van der Waals surface area contributed by atoms with Crippen LogP contribution in [0.1, 0.15) is 0 Å². The topological polar surface area (TPSA) is 57.0 Å². The lowest BCUT2D eigenvalue weighted by atomic mass is 9.98. The van der Waals surface area contributed by atoms with E-state index in [-0.39, 0.29) is 0 Å². The summed E-state index contributed by atoms with van der Waals surface area (Å²) >= 11 is 2.42. The Bertz CT molecular complexity index is 3580. The van der Waals surface area contributed by atoms with Gasteiger partial charge in [0.25, 0.3) is 0 Å². The average molecular weight is 856 g/mol. The highest BCUT2D eigenvalue weighted by Crippen LogP contribution is 2.44. The molecule has 12 rings (SSSR count). The van der Waals surface area contributed by atoms with Crippen molar-refractivity contribution in [3.63, 3.8) is 0 Å². The lowest BCUT2D eigenvalue weighted by Crippen LogP contribution is -2.03. The molecule has 0 spiro atoms. The Morgan fingerprint density at radius 3 is 1.86 bits per heavy atom. The number of furan rings is 2. The van der Waals surface area contributed by atoms with Gasteiger partial charge < -0.3 is 13.4 Å². The molecule has 0 fully saturated rings. The minimum atomic E-state index is 0.635. The largest absolute Gasteiger partial charge is 0.456 e. The summed E-state index contributed by atoms with van der Waals surface area (Å²) in [7, 11) is 0. The Morgan fingerprint density at radius 2 is 1.02 bits per heavy atom. The molecule has 0 aliphatic carbocycles. The molecule has 6 heteroatoms. The van der Waals surface area contributed by atoms with Crippen LogP contribution < -0.4 is 0 Å². The maximum atomic E-state index is 6.60. The van der Waals surface area contributed by atoms with Crippen molar-refractivity contribution in [3.8, 4) is 50.7 Å². The van der Waals surface area contributed by atoms with Gasteiger partial charge in [-0.2, -0.15) is 0 Å². The van der Waals surface area contributed by atoms with Gasteiger partial charge in [-0.1, -0.05) is 127 Å². The van der Waals surface area contributed by atoms with Gasteiger partial charge in [-0.3, -0.25) is 0 Å². The van der Waals surface area contributed by atoms with Gasteiger partial charge in [0.2, 0.25) is 0 Å². The minimum Gasteiger partial charge on any atom is -0.456 e. The van der Waals surface area contributed by atoms with Crippen molar-refractivity contribution in [2.45, 2.75) is 0 Å². The van der Waals surface area contributed by atoms with Crippen molar-refractivity contribution in [2.75, 3.05) is 0 Å². The second-order valence-corrected chi connectivity index (χ2v) is 15.7. The third-order valence-electron chi connectivity index (χ3n) is 11.3. The van der Waals surface area contributed by atoms with Crippen molar-refractivity contribution in [2.24, 2.45) is 0 Å². The van der Waals surface area contributed by atoms with E-state index in [4.69, 9.17) is 18.8 Å². The second-order valence-electron chi connectivity index (χ2n) is 14.6. The molecule has 0 saturated carbocycles. The maximum absolute atomic E-state index is 6.60. The Balaban J connectivity index is 1.12. The molecule has 0 N–H and O–H groups in total. The van der Waals surface area contributed by atoms with E-state index in [1.807, 2.05) is 30.3 Å². The van der Waals surface area contributed by atoms with E-state index in [1.54, 1.807) is 0 Å². The van der Waals surface area contributed by atoms with Crippen molar-refractivity contribution in [1.82, 2.24) is 14.5 Å². The Labute approximate surface area is 346 Å². The summed E-state index contributed by atoms with van der Waals surface area (Å²) in [5, 5.41) is 6.68. The molecule has 8 aromatic carbocycles. The standard InChI is InChI=1S/C52H30IN3O2/c53-48-49(32-16-5-2-6-17-32)54-52(55-50(48)33-26-27-39-45(30-33)58-43-25-13-21-34(46(39)43)31-14-3-1-4-15-31)37-19-8-11-23-41(37)56-40-22-10-7-18-35(40)36-28-29-44-47(51(36)56)38-20-9-12-24-42(38)57-44/h1-30H. The highest BCUT2D eigenvalue weighted by molar-refractivity contribution is 14.1. The van der Waals surface area contributed by atoms with Crippen LogP contribution >= 0.6 is 22.6 Å². The summed E-state index contributed by atoms with van der Waals surface area (Å²) in [6.07, 6.45) is 0. The van der Waals surface area contributed by atoms with Crippen LogP contribution in [0.15, 0.2) is 191 Å². The molecule has 272 valence electrons. The fourth-order valence-corrected chi connectivity index (χ4v) is 9.61. The van der Waals surface area contributed by atoms with E-state index in [2.05, 4.69) is 179 Å². The zero-order valence-electron chi connectivity index (χ0n) is 30.9. The number of aromatic nitrogens is 3. The van der Waals surface area contributed by atoms with Crippen LogP contribution in [0.25, 0.3) is 116 Å². The van der Waals surface area contributed by atoms with Gasteiger partial charge in [0.1, 0.15) is 22.3 Å². The first-order chi connectivity index (χ1) is 28.7. The Hall–Kier alpha value is -7.03.